The van der Waals surface area contributed by atoms with E-state index < -0.39 is 57.6 Å². The zero-order valence-electron chi connectivity index (χ0n) is 11.5. The lowest BCUT2D eigenvalue weighted by Gasteiger charge is -2.12. The van der Waals surface area contributed by atoms with Gasteiger partial charge in [0.25, 0.3) is 0 Å². The number of esters is 1. The minimum atomic E-state index is -2.05. The Morgan fingerprint density at radius 1 is 0.913 bits per heavy atom. The van der Waals surface area contributed by atoms with Crippen LogP contribution in [0.3, 0.4) is 0 Å². The van der Waals surface area contributed by atoms with Gasteiger partial charge in [-0.2, -0.15) is 0 Å². The van der Waals surface area contributed by atoms with Crippen LogP contribution in [0.2, 0.25) is 0 Å². The van der Waals surface area contributed by atoms with Crippen molar-refractivity contribution in [3.05, 3.63) is 58.7 Å². The van der Waals surface area contributed by atoms with Crippen molar-refractivity contribution in [2.24, 2.45) is 0 Å². The van der Waals surface area contributed by atoms with Crippen LogP contribution in [0.4, 0.5) is 26.3 Å². The lowest BCUT2D eigenvalue weighted by Crippen LogP contribution is -2.15. The van der Waals surface area contributed by atoms with Crippen molar-refractivity contribution in [2.75, 3.05) is 6.61 Å². The van der Waals surface area contributed by atoms with Crippen LogP contribution in [0.25, 0.3) is 11.1 Å². The molecule has 0 unspecified atom stereocenters. The lowest BCUT2D eigenvalue weighted by atomic mass is 10.00. The molecule has 0 saturated heterocycles. The maximum atomic E-state index is 14.0. The van der Waals surface area contributed by atoms with E-state index >= 15 is 0 Å². The molecule has 0 spiro atoms. The summed E-state index contributed by atoms with van der Waals surface area (Å²) in [7, 11) is 0. The highest BCUT2D eigenvalue weighted by Gasteiger charge is 2.32. The van der Waals surface area contributed by atoms with E-state index in [1.165, 1.54) is 6.92 Å². The van der Waals surface area contributed by atoms with E-state index in [9.17, 15) is 31.1 Å². The second-order valence-electron chi connectivity index (χ2n) is 4.33. The molecule has 8 heteroatoms. The highest BCUT2D eigenvalue weighted by Crippen LogP contribution is 2.34. The van der Waals surface area contributed by atoms with Gasteiger partial charge in [-0.3, -0.25) is 0 Å². The summed E-state index contributed by atoms with van der Waals surface area (Å²) in [6, 6.07) is 2.30. The molecule has 0 fully saturated rings. The van der Waals surface area contributed by atoms with Gasteiger partial charge >= 0.3 is 5.97 Å². The number of halogens is 6. The maximum Gasteiger partial charge on any atom is 0.344 e. The van der Waals surface area contributed by atoms with E-state index in [1.807, 2.05) is 0 Å². The first-order valence-corrected chi connectivity index (χ1v) is 6.28. The first-order valence-electron chi connectivity index (χ1n) is 6.28. The maximum absolute atomic E-state index is 14.0. The van der Waals surface area contributed by atoms with Crippen LogP contribution in [0.15, 0.2) is 18.2 Å². The van der Waals surface area contributed by atoms with E-state index in [2.05, 4.69) is 4.74 Å². The third kappa shape index (κ3) is 2.76. The second kappa shape index (κ2) is 6.31. The Bertz CT molecular complexity index is 759. The number of hydrogen-bond donors (Lipinski definition) is 0. The largest absolute Gasteiger partial charge is 0.462 e. The Labute approximate surface area is 126 Å². The highest BCUT2D eigenvalue weighted by molar-refractivity contribution is 5.91. The van der Waals surface area contributed by atoms with Crippen molar-refractivity contribution in [1.82, 2.24) is 0 Å². The predicted octanol–water partition coefficient (Wildman–Crippen LogP) is 4.36. The van der Waals surface area contributed by atoms with Gasteiger partial charge in [-0.15, -0.1) is 0 Å². The van der Waals surface area contributed by atoms with E-state index in [4.69, 9.17) is 0 Å². The van der Waals surface area contributed by atoms with Gasteiger partial charge in [0.15, 0.2) is 34.9 Å². The molecule has 0 aromatic heterocycles. The van der Waals surface area contributed by atoms with Crippen LogP contribution in [0.5, 0.6) is 0 Å². The molecule has 0 radical (unpaired) electrons. The van der Waals surface area contributed by atoms with Gasteiger partial charge < -0.3 is 4.74 Å². The van der Waals surface area contributed by atoms with Crippen molar-refractivity contribution in [2.45, 2.75) is 6.92 Å². The first-order chi connectivity index (χ1) is 10.8. The van der Waals surface area contributed by atoms with Crippen LogP contribution >= 0.6 is 0 Å². The summed E-state index contributed by atoms with van der Waals surface area (Å²) >= 11 is 0. The molecule has 23 heavy (non-hydrogen) atoms. The molecule has 2 aromatic rings. The van der Waals surface area contributed by atoms with Gasteiger partial charge in [0.05, 0.1) is 12.2 Å². The van der Waals surface area contributed by atoms with Crippen molar-refractivity contribution in [3.8, 4) is 11.1 Å². The van der Waals surface area contributed by atoms with Gasteiger partial charge in [-0.05, 0) is 13.0 Å². The Kier molecular flexibility index (Phi) is 4.63. The summed E-state index contributed by atoms with van der Waals surface area (Å²) in [4.78, 5) is 11.4. The molecule has 2 nitrogen and oxygen atoms in total. The van der Waals surface area contributed by atoms with E-state index in [1.54, 1.807) is 0 Å². The van der Waals surface area contributed by atoms with Crippen LogP contribution in [-0.4, -0.2) is 12.6 Å². The topological polar surface area (TPSA) is 26.3 Å². The van der Waals surface area contributed by atoms with Crippen molar-refractivity contribution >= 4 is 5.97 Å². The summed E-state index contributed by atoms with van der Waals surface area (Å²) in [5.74, 6) is -12.9. The fourth-order valence-electron chi connectivity index (χ4n) is 1.95. The van der Waals surface area contributed by atoms with Crippen molar-refractivity contribution in [3.63, 3.8) is 0 Å². The summed E-state index contributed by atoms with van der Waals surface area (Å²) in [6.07, 6.45) is 0. The lowest BCUT2D eigenvalue weighted by molar-refractivity contribution is 0.0512. The number of ether oxygens (including phenoxy) is 1. The van der Waals surface area contributed by atoms with Crippen LogP contribution in [0, 0.1) is 34.9 Å². The van der Waals surface area contributed by atoms with Crippen LogP contribution in [-0.2, 0) is 4.74 Å². The fourth-order valence-corrected chi connectivity index (χ4v) is 1.95. The summed E-state index contributed by atoms with van der Waals surface area (Å²) in [5, 5.41) is 0. The molecule has 2 rings (SSSR count). The predicted molar refractivity (Wildman–Crippen MR) is 67.6 cm³/mol. The van der Waals surface area contributed by atoms with Gasteiger partial charge in [0.2, 0.25) is 0 Å². The number of benzene rings is 2. The standard InChI is InChI=1S/C15H8F6O2/c1-2-23-15(22)9-13(20)11(18)8(12(19)14(9)21)6-4-3-5-7(16)10(6)17/h3-5H,2H2,1H3. The molecule has 0 atom stereocenters. The molecule has 0 aliphatic rings. The molecule has 0 heterocycles. The molecular weight excluding hydrogens is 326 g/mol. The number of carbonyl (C=O) groups excluding carboxylic acids is 1. The third-order valence-electron chi connectivity index (χ3n) is 2.96. The zero-order chi connectivity index (χ0) is 17.3. The Balaban J connectivity index is 2.78. The highest BCUT2D eigenvalue weighted by atomic mass is 19.2. The average molecular weight is 334 g/mol. The summed E-state index contributed by atoms with van der Waals surface area (Å²) in [6.45, 7) is 1.03. The van der Waals surface area contributed by atoms with Gasteiger partial charge in [0.1, 0.15) is 5.56 Å². The van der Waals surface area contributed by atoms with E-state index in [0.717, 1.165) is 12.1 Å². The minimum Gasteiger partial charge on any atom is -0.462 e. The second-order valence-corrected chi connectivity index (χ2v) is 4.33. The molecule has 0 aliphatic heterocycles. The molecule has 0 N–H and O–H groups in total. The molecular formula is C15H8F6O2. The van der Waals surface area contributed by atoms with E-state index in [-0.39, 0.29) is 6.61 Å². The smallest absolute Gasteiger partial charge is 0.344 e. The Morgan fingerprint density at radius 3 is 2.00 bits per heavy atom. The fraction of sp³-hybridized carbons (Fsp3) is 0.133. The molecule has 0 bridgehead atoms. The van der Waals surface area contributed by atoms with Gasteiger partial charge in [0, 0.05) is 5.56 Å². The van der Waals surface area contributed by atoms with E-state index in [0.29, 0.717) is 6.07 Å². The van der Waals surface area contributed by atoms with Crippen LogP contribution < -0.4 is 0 Å². The first kappa shape index (κ1) is 16.9. The summed E-state index contributed by atoms with van der Waals surface area (Å²) in [5.41, 5.74) is -4.05. The van der Waals surface area contributed by atoms with Crippen molar-refractivity contribution in [1.29, 1.82) is 0 Å². The van der Waals surface area contributed by atoms with Gasteiger partial charge in [-0.1, -0.05) is 12.1 Å². The molecule has 0 aliphatic carbocycles. The molecule has 0 amide bonds. The van der Waals surface area contributed by atoms with Gasteiger partial charge in [-0.25, -0.2) is 31.1 Å². The number of rotatable bonds is 3. The minimum absolute atomic E-state index is 0.290. The number of carbonyl (C=O) groups is 1. The third-order valence-corrected chi connectivity index (χ3v) is 2.96. The Hall–Kier alpha value is -2.51. The summed E-state index contributed by atoms with van der Waals surface area (Å²) < 4.78 is 86.9. The SMILES string of the molecule is CCOC(=O)c1c(F)c(F)c(-c2cccc(F)c2F)c(F)c1F. The quantitative estimate of drug-likeness (QED) is 0.473. The number of hydrogen-bond acceptors (Lipinski definition) is 2. The molecule has 2 aromatic carbocycles. The van der Waals surface area contributed by atoms with Crippen molar-refractivity contribution < 1.29 is 35.9 Å². The molecule has 122 valence electrons. The Morgan fingerprint density at radius 2 is 1.48 bits per heavy atom. The van der Waals surface area contributed by atoms with Crippen LogP contribution in [0.1, 0.15) is 17.3 Å². The normalized spacial score (nSPS) is 10.7. The monoisotopic (exact) mass is 334 g/mol. The average Bonchev–Trinajstić information content (AvgIpc) is 2.50. The molecule has 0 saturated carbocycles. The zero-order valence-corrected chi connectivity index (χ0v) is 11.5.